The number of carbonyl (C=O) groups is 1. The summed E-state index contributed by atoms with van der Waals surface area (Å²) in [6, 6.07) is 5.05. The summed E-state index contributed by atoms with van der Waals surface area (Å²) in [5, 5.41) is 0.554. The molecule has 1 unspecified atom stereocenters. The Bertz CT molecular complexity index is 1020. The number of halogens is 1. The molecule has 0 aliphatic carbocycles. The van der Waals surface area contributed by atoms with Crippen molar-refractivity contribution in [2.24, 2.45) is 0 Å². The molecule has 30 heavy (non-hydrogen) atoms. The van der Waals surface area contributed by atoms with Gasteiger partial charge in [-0.1, -0.05) is 18.5 Å². The SMILES string of the molecule is CCCn1c(N)c(N(CCOC)C(=O)C(C)Oc2ccc(Cl)cc2C)c(=O)[nH]c1=O. The Morgan fingerprint density at radius 1 is 1.37 bits per heavy atom. The Hall–Kier alpha value is -2.78. The first-order valence-electron chi connectivity index (χ1n) is 9.56. The highest BCUT2D eigenvalue weighted by Gasteiger charge is 2.29. The zero-order chi connectivity index (χ0) is 22.4. The van der Waals surface area contributed by atoms with E-state index in [2.05, 4.69) is 4.98 Å². The summed E-state index contributed by atoms with van der Waals surface area (Å²) >= 11 is 5.97. The van der Waals surface area contributed by atoms with Gasteiger partial charge in [0.1, 0.15) is 11.6 Å². The Morgan fingerprint density at radius 2 is 2.07 bits per heavy atom. The number of hydrogen-bond donors (Lipinski definition) is 2. The number of nitrogens with zero attached hydrogens (tertiary/aromatic N) is 2. The minimum Gasteiger partial charge on any atom is -0.481 e. The zero-order valence-electron chi connectivity index (χ0n) is 17.5. The number of amides is 1. The minimum atomic E-state index is -0.938. The standard InChI is InChI=1S/C20H27ClN4O5/c1-5-8-25-17(22)16(18(26)23-20(25)28)24(9-10-29-4)19(27)13(3)30-15-7-6-14(21)11-12(15)2/h6-7,11,13H,5,8-10,22H2,1-4H3,(H,23,26,28). The van der Waals surface area contributed by atoms with Gasteiger partial charge in [0.15, 0.2) is 11.8 Å². The third-order valence-electron chi connectivity index (χ3n) is 4.50. The molecule has 1 heterocycles. The lowest BCUT2D eigenvalue weighted by Crippen LogP contribution is -2.47. The number of aromatic nitrogens is 2. The van der Waals surface area contributed by atoms with E-state index in [1.807, 2.05) is 13.8 Å². The molecule has 1 aromatic heterocycles. The summed E-state index contributed by atoms with van der Waals surface area (Å²) in [5.41, 5.74) is 5.42. The molecule has 3 N–H and O–H groups in total. The monoisotopic (exact) mass is 438 g/mol. The summed E-state index contributed by atoms with van der Waals surface area (Å²) in [5.74, 6) is -0.0880. The average Bonchev–Trinajstić information content (AvgIpc) is 2.69. The van der Waals surface area contributed by atoms with Crippen molar-refractivity contribution in [3.8, 4) is 5.75 Å². The van der Waals surface area contributed by atoms with Crippen LogP contribution in [0.4, 0.5) is 11.5 Å². The van der Waals surface area contributed by atoms with Crippen LogP contribution in [0, 0.1) is 6.92 Å². The van der Waals surface area contributed by atoms with E-state index in [4.69, 9.17) is 26.8 Å². The molecular formula is C20H27ClN4O5. The van der Waals surface area contributed by atoms with Gasteiger partial charge in [0.05, 0.1) is 6.61 Å². The fraction of sp³-hybridized carbons (Fsp3) is 0.450. The van der Waals surface area contributed by atoms with Crippen LogP contribution in [0.1, 0.15) is 25.8 Å². The maximum Gasteiger partial charge on any atom is 0.330 e. The first kappa shape index (κ1) is 23.5. The lowest BCUT2D eigenvalue weighted by molar-refractivity contribution is -0.124. The van der Waals surface area contributed by atoms with Crippen molar-refractivity contribution in [1.29, 1.82) is 0 Å². The Labute approximate surface area is 179 Å². The number of benzene rings is 1. The lowest BCUT2D eigenvalue weighted by Gasteiger charge is -2.27. The van der Waals surface area contributed by atoms with Gasteiger partial charge in [-0.25, -0.2) is 4.79 Å². The van der Waals surface area contributed by atoms with E-state index < -0.39 is 23.3 Å². The highest BCUT2D eigenvalue weighted by Crippen LogP contribution is 2.24. The second-order valence-corrected chi connectivity index (χ2v) is 7.23. The van der Waals surface area contributed by atoms with Crippen molar-refractivity contribution in [2.75, 3.05) is 30.9 Å². The summed E-state index contributed by atoms with van der Waals surface area (Å²) in [4.78, 5) is 41.3. The second-order valence-electron chi connectivity index (χ2n) is 6.80. The number of nitrogens with one attached hydrogen (secondary N) is 1. The van der Waals surface area contributed by atoms with Crippen LogP contribution in [0.5, 0.6) is 5.75 Å². The second kappa shape index (κ2) is 10.3. The van der Waals surface area contributed by atoms with Gasteiger partial charge >= 0.3 is 5.69 Å². The van der Waals surface area contributed by atoms with Gasteiger partial charge in [-0.15, -0.1) is 0 Å². The van der Waals surface area contributed by atoms with Gasteiger partial charge in [-0.2, -0.15) is 0 Å². The Balaban J connectivity index is 2.44. The largest absolute Gasteiger partial charge is 0.481 e. The predicted molar refractivity (Wildman–Crippen MR) is 117 cm³/mol. The molecular weight excluding hydrogens is 412 g/mol. The van der Waals surface area contributed by atoms with Gasteiger partial charge < -0.3 is 15.2 Å². The number of H-pyrrole nitrogens is 1. The first-order chi connectivity index (χ1) is 14.2. The molecule has 0 spiro atoms. The lowest BCUT2D eigenvalue weighted by atomic mass is 10.2. The fourth-order valence-corrected chi connectivity index (χ4v) is 3.23. The van der Waals surface area contributed by atoms with Crippen LogP contribution in [0.2, 0.25) is 5.02 Å². The molecule has 0 saturated heterocycles. The minimum absolute atomic E-state index is 0.0558. The molecule has 1 aromatic carbocycles. The highest BCUT2D eigenvalue weighted by atomic mass is 35.5. The molecule has 0 aliphatic rings. The maximum atomic E-state index is 13.2. The molecule has 0 radical (unpaired) electrons. The third-order valence-corrected chi connectivity index (χ3v) is 4.74. The number of ether oxygens (including phenoxy) is 2. The topological polar surface area (TPSA) is 120 Å². The number of hydrogen-bond acceptors (Lipinski definition) is 6. The summed E-state index contributed by atoms with van der Waals surface area (Å²) in [6.45, 7) is 5.77. The van der Waals surface area contributed by atoms with Crippen LogP contribution in [0.3, 0.4) is 0 Å². The molecule has 9 nitrogen and oxygen atoms in total. The molecule has 2 rings (SSSR count). The first-order valence-corrected chi connectivity index (χ1v) is 9.94. The molecule has 0 saturated carbocycles. The van der Waals surface area contributed by atoms with Gasteiger partial charge in [0.2, 0.25) is 0 Å². The van der Waals surface area contributed by atoms with E-state index in [1.54, 1.807) is 25.1 Å². The van der Waals surface area contributed by atoms with Crippen LogP contribution >= 0.6 is 11.6 Å². The molecule has 164 valence electrons. The van der Waals surface area contributed by atoms with Crippen molar-refractivity contribution in [1.82, 2.24) is 9.55 Å². The van der Waals surface area contributed by atoms with Crippen molar-refractivity contribution in [3.63, 3.8) is 0 Å². The average molecular weight is 439 g/mol. The van der Waals surface area contributed by atoms with Crippen LogP contribution < -0.4 is 26.6 Å². The molecule has 1 atom stereocenters. The van der Waals surface area contributed by atoms with Crippen molar-refractivity contribution >= 4 is 29.0 Å². The van der Waals surface area contributed by atoms with Crippen molar-refractivity contribution < 1.29 is 14.3 Å². The molecule has 10 heteroatoms. The number of rotatable bonds is 9. The van der Waals surface area contributed by atoms with E-state index in [1.165, 1.54) is 16.6 Å². The Morgan fingerprint density at radius 3 is 2.67 bits per heavy atom. The van der Waals surface area contributed by atoms with E-state index in [9.17, 15) is 14.4 Å². The van der Waals surface area contributed by atoms with Crippen molar-refractivity contribution in [3.05, 3.63) is 49.6 Å². The van der Waals surface area contributed by atoms with E-state index in [-0.39, 0.29) is 24.7 Å². The van der Waals surface area contributed by atoms with Gasteiger partial charge in [0.25, 0.3) is 11.5 Å². The number of nitrogen functional groups attached to an aromatic ring is 1. The molecule has 1 amide bonds. The van der Waals surface area contributed by atoms with Crippen LogP contribution in [0.15, 0.2) is 27.8 Å². The highest BCUT2D eigenvalue weighted by molar-refractivity contribution is 6.30. The number of nitrogens with two attached hydrogens (primary N) is 1. The molecule has 2 aromatic rings. The third kappa shape index (κ3) is 5.22. The number of anilines is 2. The summed E-state index contributed by atoms with van der Waals surface area (Å²) < 4.78 is 12.1. The van der Waals surface area contributed by atoms with Crippen LogP contribution in [0.25, 0.3) is 0 Å². The van der Waals surface area contributed by atoms with Crippen LogP contribution in [-0.4, -0.2) is 41.8 Å². The number of aromatic amines is 1. The number of methoxy groups -OCH3 is 1. The summed E-state index contributed by atoms with van der Waals surface area (Å²) in [6.07, 6.45) is -0.316. The molecule has 0 bridgehead atoms. The van der Waals surface area contributed by atoms with Gasteiger partial charge in [0, 0.05) is 25.2 Å². The number of aryl methyl sites for hydroxylation is 1. The maximum absolute atomic E-state index is 13.2. The van der Waals surface area contributed by atoms with Crippen LogP contribution in [-0.2, 0) is 16.1 Å². The fourth-order valence-electron chi connectivity index (χ4n) is 3.00. The van der Waals surface area contributed by atoms with E-state index in [0.717, 1.165) is 5.56 Å². The van der Waals surface area contributed by atoms with Crippen molar-refractivity contribution in [2.45, 2.75) is 39.8 Å². The van der Waals surface area contributed by atoms with Gasteiger partial charge in [-0.05, 0) is 44.0 Å². The Kier molecular flexibility index (Phi) is 8.08. The molecule has 0 aliphatic heterocycles. The van der Waals surface area contributed by atoms with E-state index in [0.29, 0.717) is 23.7 Å². The normalized spacial score (nSPS) is 11.9. The van der Waals surface area contributed by atoms with Gasteiger partial charge in [-0.3, -0.25) is 24.0 Å². The quantitative estimate of drug-likeness (QED) is 0.617. The smallest absolute Gasteiger partial charge is 0.330 e. The van der Waals surface area contributed by atoms with E-state index >= 15 is 0 Å². The zero-order valence-corrected chi connectivity index (χ0v) is 18.3. The number of carbonyl (C=O) groups excluding carboxylic acids is 1. The predicted octanol–water partition coefficient (Wildman–Crippen LogP) is 1.94. The summed E-state index contributed by atoms with van der Waals surface area (Å²) in [7, 11) is 1.48. The molecule has 0 fully saturated rings.